The Labute approximate surface area is 81.2 Å². The summed E-state index contributed by atoms with van der Waals surface area (Å²) in [5, 5.41) is 2.39. The van der Waals surface area contributed by atoms with Crippen LogP contribution in [0.3, 0.4) is 0 Å². The van der Waals surface area contributed by atoms with Crippen LogP contribution in [0.15, 0.2) is 0 Å². The molecule has 0 radical (unpaired) electrons. The fourth-order valence-corrected chi connectivity index (χ4v) is 1.14. The maximum atomic E-state index is 11.3. The van der Waals surface area contributed by atoms with Gasteiger partial charge in [-0.25, -0.2) is 4.79 Å². The Morgan fingerprint density at radius 3 is 2.64 bits per heavy atom. The Bertz CT molecular complexity index is 277. The molecule has 1 rings (SSSR count). The van der Waals surface area contributed by atoms with Crippen molar-refractivity contribution in [1.82, 2.24) is 10.2 Å². The maximum absolute atomic E-state index is 11.3. The van der Waals surface area contributed by atoms with E-state index in [1.165, 1.54) is 0 Å². The molecule has 1 unspecified atom stereocenters. The fourth-order valence-electron chi connectivity index (χ4n) is 1.14. The highest BCUT2D eigenvalue weighted by Gasteiger charge is 2.36. The van der Waals surface area contributed by atoms with Crippen LogP contribution in [0, 0.1) is 0 Å². The van der Waals surface area contributed by atoms with Crippen molar-refractivity contribution in [3.05, 3.63) is 0 Å². The van der Waals surface area contributed by atoms with Gasteiger partial charge in [0.15, 0.2) is 0 Å². The van der Waals surface area contributed by atoms with Gasteiger partial charge in [0.05, 0.1) is 6.61 Å². The van der Waals surface area contributed by atoms with Crippen LogP contribution in [0.1, 0.15) is 13.8 Å². The average Bonchev–Trinajstić information content (AvgIpc) is 2.33. The number of nitrogens with zero attached hydrogens (tertiary/aromatic N) is 1. The Morgan fingerprint density at radius 1 is 1.57 bits per heavy atom. The SMILES string of the molecule is CCOC(=O)CN1C(=O)NC(C)C1=O. The highest BCUT2D eigenvalue weighted by molar-refractivity contribution is 6.05. The minimum Gasteiger partial charge on any atom is -0.465 e. The highest BCUT2D eigenvalue weighted by atomic mass is 16.5. The standard InChI is InChI=1S/C8H12N2O4/c1-3-14-6(11)4-10-7(12)5(2)9-8(10)13/h5H,3-4H2,1-2H3,(H,9,13). The Balaban J connectivity index is 2.56. The quantitative estimate of drug-likeness (QED) is 0.491. The van der Waals surface area contributed by atoms with Crippen LogP contribution in [0.2, 0.25) is 0 Å². The third-order valence-corrected chi connectivity index (χ3v) is 1.81. The molecule has 1 saturated heterocycles. The summed E-state index contributed by atoms with van der Waals surface area (Å²) in [6.07, 6.45) is 0. The van der Waals surface area contributed by atoms with Crippen molar-refractivity contribution in [2.75, 3.05) is 13.2 Å². The number of hydrogen-bond donors (Lipinski definition) is 1. The van der Waals surface area contributed by atoms with Gasteiger partial charge in [-0.05, 0) is 13.8 Å². The largest absolute Gasteiger partial charge is 0.465 e. The zero-order chi connectivity index (χ0) is 10.7. The molecule has 1 aliphatic rings. The lowest BCUT2D eigenvalue weighted by Crippen LogP contribution is -2.36. The van der Waals surface area contributed by atoms with Gasteiger partial charge in [0, 0.05) is 0 Å². The number of amides is 3. The second-order valence-corrected chi connectivity index (χ2v) is 2.90. The van der Waals surface area contributed by atoms with Crippen molar-refractivity contribution in [1.29, 1.82) is 0 Å². The van der Waals surface area contributed by atoms with E-state index in [4.69, 9.17) is 0 Å². The zero-order valence-electron chi connectivity index (χ0n) is 8.07. The Morgan fingerprint density at radius 2 is 2.21 bits per heavy atom. The molecule has 0 saturated carbocycles. The Kier molecular flexibility index (Phi) is 3.06. The lowest BCUT2D eigenvalue weighted by Gasteiger charge is -2.10. The molecule has 0 aromatic carbocycles. The molecule has 0 aromatic rings. The number of hydrogen-bond acceptors (Lipinski definition) is 4. The molecule has 0 aromatic heterocycles. The first-order valence-electron chi connectivity index (χ1n) is 4.33. The van der Waals surface area contributed by atoms with Gasteiger partial charge in [-0.2, -0.15) is 0 Å². The van der Waals surface area contributed by atoms with Crippen molar-refractivity contribution < 1.29 is 19.1 Å². The molecule has 0 aliphatic carbocycles. The van der Waals surface area contributed by atoms with Gasteiger partial charge in [-0.3, -0.25) is 14.5 Å². The average molecular weight is 200 g/mol. The van der Waals surface area contributed by atoms with Crippen molar-refractivity contribution in [3.8, 4) is 0 Å². The van der Waals surface area contributed by atoms with Crippen molar-refractivity contribution in [2.24, 2.45) is 0 Å². The smallest absolute Gasteiger partial charge is 0.326 e. The number of ether oxygens (including phenoxy) is 1. The minimum absolute atomic E-state index is 0.234. The van der Waals surface area contributed by atoms with E-state index < -0.39 is 23.9 Å². The zero-order valence-corrected chi connectivity index (χ0v) is 8.07. The van der Waals surface area contributed by atoms with E-state index in [-0.39, 0.29) is 13.2 Å². The first-order valence-corrected chi connectivity index (χ1v) is 4.33. The summed E-state index contributed by atoms with van der Waals surface area (Å²) in [5.41, 5.74) is 0. The number of carbonyl (C=O) groups is 3. The van der Waals surface area contributed by atoms with E-state index in [0.717, 1.165) is 4.90 Å². The van der Waals surface area contributed by atoms with Crippen LogP contribution in [0.5, 0.6) is 0 Å². The molecule has 0 bridgehead atoms. The molecular formula is C8H12N2O4. The van der Waals surface area contributed by atoms with Gasteiger partial charge < -0.3 is 10.1 Å². The summed E-state index contributed by atoms with van der Waals surface area (Å²) in [4.78, 5) is 34.3. The first-order chi connectivity index (χ1) is 6.56. The van der Waals surface area contributed by atoms with Crippen molar-refractivity contribution in [3.63, 3.8) is 0 Å². The van der Waals surface area contributed by atoms with Crippen LogP contribution < -0.4 is 5.32 Å². The van der Waals surface area contributed by atoms with Gasteiger partial charge in [0.25, 0.3) is 5.91 Å². The van der Waals surface area contributed by atoms with E-state index >= 15 is 0 Å². The second-order valence-electron chi connectivity index (χ2n) is 2.90. The van der Waals surface area contributed by atoms with Crippen molar-refractivity contribution >= 4 is 17.9 Å². The van der Waals surface area contributed by atoms with Crippen LogP contribution >= 0.6 is 0 Å². The summed E-state index contributed by atoms with van der Waals surface area (Å²) in [5.74, 6) is -0.979. The van der Waals surface area contributed by atoms with E-state index in [9.17, 15) is 14.4 Å². The molecule has 0 spiro atoms. The molecule has 1 fully saturated rings. The molecule has 6 nitrogen and oxygen atoms in total. The van der Waals surface area contributed by atoms with Gasteiger partial charge in [-0.15, -0.1) is 0 Å². The molecule has 1 atom stereocenters. The summed E-state index contributed by atoms with van der Waals surface area (Å²) in [6, 6.07) is -1.10. The molecule has 14 heavy (non-hydrogen) atoms. The van der Waals surface area contributed by atoms with E-state index in [0.29, 0.717) is 0 Å². The summed E-state index contributed by atoms with van der Waals surface area (Å²) in [7, 11) is 0. The maximum Gasteiger partial charge on any atom is 0.326 e. The Hall–Kier alpha value is -1.59. The molecule has 6 heteroatoms. The number of imide groups is 1. The van der Waals surface area contributed by atoms with Crippen LogP contribution in [0.4, 0.5) is 4.79 Å². The number of esters is 1. The lowest BCUT2D eigenvalue weighted by atomic mass is 10.3. The third-order valence-electron chi connectivity index (χ3n) is 1.81. The first kappa shape index (κ1) is 10.5. The van der Waals surface area contributed by atoms with Crippen LogP contribution in [-0.4, -0.2) is 42.0 Å². The van der Waals surface area contributed by atoms with Gasteiger partial charge in [0.1, 0.15) is 12.6 Å². The van der Waals surface area contributed by atoms with Crippen LogP contribution in [-0.2, 0) is 14.3 Å². The lowest BCUT2D eigenvalue weighted by molar-refractivity contribution is -0.146. The normalized spacial score (nSPS) is 21.0. The molecule has 1 heterocycles. The monoisotopic (exact) mass is 200 g/mol. The number of rotatable bonds is 3. The van der Waals surface area contributed by atoms with Gasteiger partial charge >= 0.3 is 12.0 Å². The summed E-state index contributed by atoms with van der Waals surface area (Å²) in [6.45, 7) is 3.14. The molecule has 3 amide bonds. The summed E-state index contributed by atoms with van der Waals surface area (Å²) >= 11 is 0. The fraction of sp³-hybridized carbons (Fsp3) is 0.625. The third kappa shape index (κ3) is 2.01. The van der Waals surface area contributed by atoms with E-state index in [1.54, 1.807) is 13.8 Å². The predicted octanol–water partition coefficient (Wildman–Crippen LogP) is -0.510. The molecule has 78 valence electrons. The van der Waals surface area contributed by atoms with Gasteiger partial charge in [0.2, 0.25) is 0 Å². The van der Waals surface area contributed by atoms with E-state index in [1.807, 2.05) is 0 Å². The second kappa shape index (κ2) is 4.08. The molecule has 1 aliphatic heterocycles. The topological polar surface area (TPSA) is 75.7 Å². The summed E-state index contributed by atoms with van der Waals surface area (Å²) < 4.78 is 4.62. The van der Waals surface area contributed by atoms with E-state index in [2.05, 4.69) is 10.1 Å². The van der Waals surface area contributed by atoms with Gasteiger partial charge in [-0.1, -0.05) is 0 Å². The number of urea groups is 1. The molecule has 1 N–H and O–H groups in total. The number of carbonyl (C=O) groups excluding carboxylic acids is 3. The molecular weight excluding hydrogens is 188 g/mol. The highest BCUT2D eigenvalue weighted by Crippen LogP contribution is 2.05. The van der Waals surface area contributed by atoms with Crippen molar-refractivity contribution in [2.45, 2.75) is 19.9 Å². The number of nitrogens with one attached hydrogen (secondary N) is 1. The van der Waals surface area contributed by atoms with Crippen LogP contribution in [0.25, 0.3) is 0 Å². The minimum atomic E-state index is -0.579. The predicted molar refractivity (Wildman–Crippen MR) is 46.3 cm³/mol.